The molecule has 0 N–H and O–H groups in total. The summed E-state index contributed by atoms with van der Waals surface area (Å²) in [5, 5.41) is 0.634. The van der Waals surface area contributed by atoms with Crippen molar-refractivity contribution in [2.45, 2.75) is 39.5 Å². The largest absolute Gasteiger partial charge is 0.456 e. The van der Waals surface area contributed by atoms with Crippen LogP contribution < -0.4 is 4.74 Å². The first-order chi connectivity index (χ1) is 9.49. The second-order valence-electron chi connectivity index (χ2n) is 5.64. The third kappa shape index (κ3) is 3.34. The summed E-state index contributed by atoms with van der Waals surface area (Å²) in [4.78, 5) is 0. The standard InChI is InChI=1S/C18H21ClO/c1-12(2)14-9-10-17(15(11-14)13(3)4)20-18-8-6-5-7-16(18)19/h5-13H,1-4H3. The maximum atomic E-state index is 6.16. The van der Waals surface area contributed by atoms with Crippen LogP contribution in [0.15, 0.2) is 42.5 Å². The van der Waals surface area contributed by atoms with E-state index < -0.39 is 0 Å². The average molecular weight is 289 g/mol. The van der Waals surface area contributed by atoms with Gasteiger partial charge in [0.25, 0.3) is 0 Å². The maximum Gasteiger partial charge on any atom is 0.146 e. The average Bonchev–Trinajstić information content (AvgIpc) is 2.41. The molecule has 2 rings (SSSR count). The Morgan fingerprint density at radius 2 is 1.55 bits per heavy atom. The van der Waals surface area contributed by atoms with E-state index in [1.165, 1.54) is 11.1 Å². The number of halogens is 1. The van der Waals surface area contributed by atoms with Crippen LogP contribution in [0.25, 0.3) is 0 Å². The smallest absolute Gasteiger partial charge is 0.146 e. The first kappa shape index (κ1) is 14.9. The monoisotopic (exact) mass is 288 g/mol. The van der Waals surface area contributed by atoms with E-state index in [0.29, 0.717) is 22.6 Å². The van der Waals surface area contributed by atoms with Gasteiger partial charge in [0.05, 0.1) is 5.02 Å². The first-order valence-electron chi connectivity index (χ1n) is 7.05. The van der Waals surface area contributed by atoms with Gasteiger partial charge in [0, 0.05) is 0 Å². The van der Waals surface area contributed by atoms with E-state index in [4.69, 9.17) is 16.3 Å². The quantitative estimate of drug-likeness (QED) is 0.634. The lowest BCUT2D eigenvalue weighted by molar-refractivity contribution is 0.473. The van der Waals surface area contributed by atoms with Crippen LogP contribution in [0.3, 0.4) is 0 Å². The van der Waals surface area contributed by atoms with Gasteiger partial charge in [-0.2, -0.15) is 0 Å². The van der Waals surface area contributed by atoms with Crippen molar-refractivity contribution in [3.63, 3.8) is 0 Å². The molecule has 0 aliphatic carbocycles. The fraction of sp³-hybridized carbons (Fsp3) is 0.333. The molecule has 0 fully saturated rings. The highest BCUT2D eigenvalue weighted by molar-refractivity contribution is 6.32. The van der Waals surface area contributed by atoms with Crippen LogP contribution in [0.1, 0.15) is 50.7 Å². The number of benzene rings is 2. The Labute approximate surface area is 126 Å². The highest BCUT2D eigenvalue weighted by Gasteiger charge is 2.12. The van der Waals surface area contributed by atoms with Crippen molar-refractivity contribution in [1.82, 2.24) is 0 Å². The molecule has 0 spiro atoms. The van der Waals surface area contributed by atoms with Gasteiger partial charge in [-0.15, -0.1) is 0 Å². The lowest BCUT2D eigenvalue weighted by atomic mass is 9.95. The molecule has 0 heterocycles. The minimum absolute atomic E-state index is 0.409. The van der Waals surface area contributed by atoms with Crippen LogP contribution in [-0.2, 0) is 0 Å². The second kappa shape index (κ2) is 6.32. The third-order valence-corrected chi connectivity index (χ3v) is 3.69. The normalized spacial score (nSPS) is 11.2. The molecule has 0 unspecified atom stereocenters. The minimum Gasteiger partial charge on any atom is -0.456 e. The highest BCUT2D eigenvalue weighted by Crippen LogP contribution is 2.35. The molecule has 0 aliphatic rings. The summed E-state index contributed by atoms with van der Waals surface area (Å²) in [6, 6.07) is 14.0. The highest BCUT2D eigenvalue weighted by atomic mass is 35.5. The summed E-state index contributed by atoms with van der Waals surface area (Å²) >= 11 is 6.16. The Kier molecular flexibility index (Phi) is 4.72. The van der Waals surface area contributed by atoms with Crippen molar-refractivity contribution in [2.75, 3.05) is 0 Å². The van der Waals surface area contributed by atoms with E-state index in [-0.39, 0.29) is 0 Å². The van der Waals surface area contributed by atoms with Crippen molar-refractivity contribution < 1.29 is 4.74 Å². The predicted octanol–water partition coefficient (Wildman–Crippen LogP) is 6.38. The van der Waals surface area contributed by atoms with Gasteiger partial charge in [0.15, 0.2) is 0 Å². The van der Waals surface area contributed by atoms with E-state index in [1.807, 2.05) is 30.3 Å². The molecular formula is C18H21ClO. The Morgan fingerprint density at radius 3 is 2.15 bits per heavy atom. The van der Waals surface area contributed by atoms with E-state index in [2.05, 4.69) is 39.8 Å². The molecule has 2 heteroatoms. The molecule has 0 aromatic heterocycles. The molecule has 0 radical (unpaired) electrons. The molecule has 0 bridgehead atoms. The lowest BCUT2D eigenvalue weighted by Gasteiger charge is -2.17. The topological polar surface area (TPSA) is 9.23 Å². The molecule has 106 valence electrons. The SMILES string of the molecule is CC(C)c1ccc(Oc2ccccc2Cl)c(C(C)C)c1. The molecule has 2 aromatic carbocycles. The number of hydrogen-bond acceptors (Lipinski definition) is 1. The van der Waals surface area contributed by atoms with Gasteiger partial charge in [0.2, 0.25) is 0 Å². The van der Waals surface area contributed by atoms with Crippen LogP contribution in [0.5, 0.6) is 11.5 Å². The second-order valence-corrected chi connectivity index (χ2v) is 6.05. The fourth-order valence-corrected chi connectivity index (χ4v) is 2.29. The number of rotatable bonds is 4. The van der Waals surface area contributed by atoms with Crippen molar-refractivity contribution in [3.8, 4) is 11.5 Å². The molecule has 0 amide bonds. The van der Waals surface area contributed by atoms with Gasteiger partial charge in [-0.25, -0.2) is 0 Å². The maximum absolute atomic E-state index is 6.16. The van der Waals surface area contributed by atoms with E-state index >= 15 is 0 Å². The summed E-state index contributed by atoms with van der Waals surface area (Å²) in [7, 11) is 0. The van der Waals surface area contributed by atoms with Gasteiger partial charge in [-0.3, -0.25) is 0 Å². The van der Waals surface area contributed by atoms with Gasteiger partial charge < -0.3 is 4.74 Å². The molecule has 2 aromatic rings. The molecule has 1 nitrogen and oxygen atoms in total. The Morgan fingerprint density at radius 1 is 0.850 bits per heavy atom. The van der Waals surface area contributed by atoms with Crippen LogP contribution in [0.2, 0.25) is 5.02 Å². The van der Waals surface area contributed by atoms with Crippen LogP contribution in [0, 0.1) is 0 Å². The first-order valence-corrected chi connectivity index (χ1v) is 7.43. The summed E-state index contributed by atoms with van der Waals surface area (Å²) in [5.41, 5.74) is 2.55. The van der Waals surface area contributed by atoms with Gasteiger partial charge in [0.1, 0.15) is 11.5 Å². The van der Waals surface area contributed by atoms with Crippen LogP contribution in [0.4, 0.5) is 0 Å². The molecule has 20 heavy (non-hydrogen) atoms. The molecule has 0 atom stereocenters. The zero-order chi connectivity index (χ0) is 14.7. The minimum atomic E-state index is 0.409. The molecule has 0 saturated heterocycles. The van der Waals surface area contributed by atoms with Crippen molar-refractivity contribution in [2.24, 2.45) is 0 Å². The Bertz CT molecular complexity index is 588. The predicted molar refractivity (Wildman–Crippen MR) is 86.1 cm³/mol. The molecule has 0 saturated carbocycles. The van der Waals surface area contributed by atoms with Gasteiger partial charge in [-0.05, 0) is 41.2 Å². The van der Waals surface area contributed by atoms with Crippen molar-refractivity contribution in [3.05, 3.63) is 58.6 Å². The van der Waals surface area contributed by atoms with Crippen LogP contribution in [-0.4, -0.2) is 0 Å². The summed E-state index contributed by atoms with van der Waals surface area (Å²) in [6.45, 7) is 8.76. The van der Waals surface area contributed by atoms with Gasteiger partial charge >= 0.3 is 0 Å². The van der Waals surface area contributed by atoms with Gasteiger partial charge in [-0.1, -0.05) is 63.6 Å². The number of ether oxygens (including phenoxy) is 1. The summed E-state index contributed by atoms with van der Waals surface area (Å²) in [5.74, 6) is 2.51. The lowest BCUT2D eigenvalue weighted by Crippen LogP contribution is -1.97. The molecular weight excluding hydrogens is 268 g/mol. The Balaban J connectivity index is 2.39. The van der Waals surface area contributed by atoms with Crippen LogP contribution >= 0.6 is 11.6 Å². The zero-order valence-corrected chi connectivity index (χ0v) is 13.2. The van der Waals surface area contributed by atoms with Crippen molar-refractivity contribution >= 4 is 11.6 Å². The molecule has 0 aliphatic heterocycles. The van der Waals surface area contributed by atoms with E-state index in [9.17, 15) is 0 Å². The van der Waals surface area contributed by atoms with E-state index in [0.717, 1.165) is 5.75 Å². The fourth-order valence-electron chi connectivity index (χ4n) is 2.12. The van der Waals surface area contributed by atoms with E-state index in [1.54, 1.807) is 0 Å². The third-order valence-electron chi connectivity index (χ3n) is 3.38. The Hall–Kier alpha value is -1.47. The van der Waals surface area contributed by atoms with Crippen molar-refractivity contribution in [1.29, 1.82) is 0 Å². The zero-order valence-electron chi connectivity index (χ0n) is 12.5. The summed E-state index contributed by atoms with van der Waals surface area (Å²) < 4.78 is 6.00. The summed E-state index contributed by atoms with van der Waals surface area (Å²) in [6.07, 6.45) is 0. The number of hydrogen-bond donors (Lipinski definition) is 0. The number of para-hydroxylation sites is 1.